The number of aromatic nitrogens is 5. The number of rotatable bonds is 5. The van der Waals surface area contributed by atoms with Gasteiger partial charge in [-0.3, -0.25) is 10.2 Å². The van der Waals surface area contributed by atoms with Crippen molar-refractivity contribution in [1.29, 1.82) is 5.41 Å². The largest absolute Gasteiger partial charge is 0.303 e. The van der Waals surface area contributed by atoms with Crippen LogP contribution < -0.4 is 4.90 Å². The average molecular weight is 486 g/mol. The smallest absolute Gasteiger partial charge is 0.272 e. The molecule has 0 unspecified atom stereocenters. The number of para-hydroxylation sites is 1. The molecule has 1 N–H and O–H groups in total. The molecule has 1 saturated heterocycles. The van der Waals surface area contributed by atoms with Gasteiger partial charge in [-0.25, -0.2) is 14.2 Å². The number of thioether (sulfide) groups is 1. The summed E-state index contributed by atoms with van der Waals surface area (Å²) in [6.45, 7) is 0. The van der Waals surface area contributed by atoms with E-state index in [1.165, 1.54) is 4.90 Å². The van der Waals surface area contributed by atoms with Crippen LogP contribution in [0.25, 0.3) is 28.2 Å². The zero-order valence-electron chi connectivity index (χ0n) is 17.4. The molecule has 1 aromatic carbocycles. The Hall–Kier alpha value is -4.22. The van der Waals surface area contributed by atoms with E-state index in [9.17, 15) is 4.79 Å². The van der Waals surface area contributed by atoms with Gasteiger partial charge in [-0.05, 0) is 63.9 Å². The Bertz CT molecular complexity index is 1520. The van der Waals surface area contributed by atoms with Crippen molar-refractivity contribution in [2.45, 2.75) is 0 Å². The van der Waals surface area contributed by atoms with Crippen LogP contribution in [0.2, 0.25) is 0 Å². The zero-order chi connectivity index (χ0) is 23.1. The highest BCUT2D eigenvalue weighted by Gasteiger charge is 2.38. The summed E-state index contributed by atoms with van der Waals surface area (Å²) in [7, 11) is 0. The van der Waals surface area contributed by atoms with Crippen LogP contribution in [0.15, 0.2) is 88.1 Å². The van der Waals surface area contributed by atoms with Gasteiger partial charge in [0.2, 0.25) is 11.6 Å². The van der Waals surface area contributed by atoms with Gasteiger partial charge in [-0.2, -0.15) is 5.10 Å². The Kier molecular flexibility index (Phi) is 4.97. The lowest BCUT2D eigenvalue weighted by Crippen LogP contribution is -2.29. The van der Waals surface area contributed by atoms with Crippen molar-refractivity contribution < 1.29 is 9.42 Å². The van der Waals surface area contributed by atoms with Crippen molar-refractivity contribution in [3.05, 3.63) is 89.0 Å². The molecule has 1 aliphatic rings. The number of hydrogen-bond acceptors (Lipinski definition) is 8. The van der Waals surface area contributed by atoms with Crippen LogP contribution in [0, 0.1) is 5.41 Å². The molecule has 11 heteroatoms. The van der Waals surface area contributed by atoms with Crippen LogP contribution in [0.3, 0.4) is 0 Å². The minimum atomic E-state index is -0.372. The van der Waals surface area contributed by atoms with E-state index in [0.29, 0.717) is 10.7 Å². The number of carbonyl (C=O) groups excluding carboxylic acids is 1. The van der Waals surface area contributed by atoms with Crippen LogP contribution in [0.5, 0.6) is 0 Å². The topological polar surface area (TPSA) is 106 Å². The van der Waals surface area contributed by atoms with Gasteiger partial charge >= 0.3 is 0 Å². The molecule has 0 atom stereocenters. The van der Waals surface area contributed by atoms with Crippen molar-refractivity contribution in [2.75, 3.05) is 4.90 Å². The predicted molar refractivity (Wildman–Crippen MR) is 131 cm³/mol. The van der Waals surface area contributed by atoms with Crippen molar-refractivity contribution in [3.8, 4) is 22.1 Å². The van der Waals surface area contributed by atoms with Crippen LogP contribution >= 0.6 is 23.1 Å². The SMILES string of the molecule is N=C1SC(=Cc2cn(-c3ccccc3)nc2-c2cccs2)C(=O)N1c1nonc1-n1cccc1. The van der Waals surface area contributed by atoms with Gasteiger partial charge in [0, 0.05) is 24.2 Å². The molecule has 4 aromatic heterocycles. The standard InChI is InChI=1S/C23H15N7O2S2/c24-23-30(21-20(26-32-27-21)28-10-4-5-11-28)22(31)18(34-23)13-15-14-29(16-7-2-1-3-8-16)25-19(15)17-9-6-12-33-17/h1-14,24H. The highest BCUT2D eigenvalue weighted by atomic mass is 32.2. The summed E-state index contributed by atoms with van der Waals surface area (Å²) >= 11 is 2.63. The first-order valence-electron chi connectivity index (χ1n) is 10.2. The molecule has 1 fully saturated rings. The Labute approximate surface area is 201 Å². The van der Waals surface area contributed by atoms with E-state index in [-0.39, 0.29) is 16.9 Å². The van der Waals surface area contributed by atoms with Gasteiger partial charge in [0.05, 0.1) is 15.5 Å². The Morgan fingerprint density at radius 1 is 0.971 bits per heavy atom. The van der Waals surface area contributed by atoms with Gasteiger partial charge in [0.15, 0.2) is 5.17 Å². The predicted octanol–water partition coefficient (Wildman–Crippen LogP) is 4.83. The van der Waals surface area contributed by atoms with Crippen molar-refractivity contribution in [1.82, 2.24) is 24.7 Å². The van der Waals surface area contributed by atoms with Crippen LogP contribution in [-0.2, 0) is 4.79 Å². The summed E-state index contributed by atoms with van der Waals surface area (Å²) in [5, 5.41) is 23.1. The van der Waals surface area contributed by atoms with E-state index in [2.05, 4.69) is 10.3 Å². The number of thiophene rings is 1. The molecular weight excluding hydrogens is 470 g/mol. The highest BCUT2D eigenvalue weighted by molar-refractivity contribution is 8.19. The van der Waals surface area contributed by atoms with E-state index in [1.54, 1.807) is 39.1 Å². The molecule has 9 nitrogen and oxygen atoms in total. The maximum absolute atomic E-state index is 13.4. The molecule has 5 aromatic rings. The van der Waals surface area contributed by atoms with Crippen molar-refractivity contribution in [2.24, 2.45) is 0 Å². The molecule has 0 spiro atoms. The summed E-state index contributed by atoms with van der Waals surface area (Å²) in [6, 6.07) is 17.4. The maximum atomic E-state index is 13.4. The van der Waals surface area contributed by atoms with E-state index in [0.717, 1.165) is 33.6 Å². The Balaban J connectivity index is 1.40. The number of carbonyl (C=O) groups is 1. The Morgan fingerprint density at radius 3 is 2.53 bits per heavy atom. The number of benzene rings is 1. The molecule has 0 radical (unpaired) electrons. The fraction of sp³-hybridized carbons (Fsp3) is 0. The third-order valence-corrected chi connectivity index (χ3v) is 6.91. The molecule has 166 valence electrons. The molecule has 0 bridgehead atoms. The summed E-state index contributed by atoms with van der Waals surface area (Å²) in [6.07, 6.45) is 7.19. The second-order valence-electron chi connectivity index (χ2n) is 7.25. The molecule has 0 aliphatic carbocycles. The molecule has 6 rings (SSSR count). The maximum Gasteiger partial charge on any atom is 0.272 e. The fourth-order valence-electron chi connectivity index (χ4n) is 3.59. The summed E-state index contributed by atoms with van der Waals surface area (Å²) in [5.41, 5.74) is 2.45. The van der Waals surface area contributed by atoms with Gasteiger partial charge in [-0.15, -0.1) is 11.3 Å². The highest BCUT2D eigenvalue weighted by Crippen LogP contribution is 2.38. The van der Waals surface area contributed by atoms with Crippen LogP contribution in [0.4, 0.5) is 5.82 Å². The second kappa shape index (κ2) is 8.28. The number of amides is 1. The minimum Gasteiger partial charge on any atom is -0.303 e. The number of nitrogens with zero attached hydrogens (tertiary/aromatic N) is 6. The van der Waals surface area contributed by atoms with Crippen molar-refractivity contribution in [3.63, 3.8) is 0 Å². The monoisotopic (exact) mass is 485 g/mol. The van der Waals surface area contributed by atoms with Gasteiger partial charge < -0.3 is 4.57 Å². The van der Waals surface area contributed by atoms with E-state index < -0.39 is 0 Å². The summed E-state index contributed by atoms with van der Waals surface area (Å²) in [5.74, 6) is 0.130. The van der Waals surface area contributed by atoms with E-state index in [4.69, 9.17) is 15.1 Å². The van der Waals surface area contributed by atoms with E-state index >= 15 is 0 Å². The van der Waals surface area contributed by atoms with E-state index in [1.807, 2.05) is 66.2 Å². The normalized spacial score (nSPS) is 15.1. The summed E-state index contributed by atoms with van der Waals surface area (Å²) < 4.78 is 8.37. The van der Waals surface area contributed by atoms with Gasteiger partial charge in [0.1, 0.15) is 5.69 Å². The van der Waals surface area contributed by atoms with Gasteiger partial charge in [-0.1, -0.05) is 24.3 Å². The zero-order valence-corrected chi connectivity index (χ0v) is 19.0. The Morgan fingerprint density at radius 2 is 1.76 bits per heavy atom. The molecule has 34 heavy (non-hydrogen) atoms. The first-order valence-corrected chi connectivity index (χ1v) is 11.9. The van der Waals surface area contributed by atoms with Crippen LogP contribution in [-0.4, -0.2) is 35.7 Å². The first-order chi connectivity index (χ1) is 16.7. The average Bonchev–Trinajstić information content (AvgIpc) is 3.66. The lowest BCUT2D eigenvalue weighted by Gasteiger charge is -2.11. The lowest BCUT2D eigenvalue weighted by molar-refractivity contribution is -0.113. The third kappa shape index (κ3) is 3.47. The molecule has 1 amide bonds. The summed E-state index contributed by atoms with van der Waals surface area (Å²) in [4.78, 5) is 15.9. The number of anilines is 1. The minimum absolute atomic E-state index is 0.0217. The fourth-order valence-corrected chi connectivity index (χ4v) is 5.15. The second-order valence-corrected chi connectivity index (χ2v) is 9.23. The first kappa shape index (κ1) is 20.4. The lowest BCUT2D eigenvalue weighted by atomic mass is 10.2. The van der Waals surface area contributed by atoms with Crippen LogP contribution in [0.1, 0.15) is 5.56 Å². The third-order valence-electron chi connectivity index (χ3n) is 5.14. The molecule has 1 aliphatic heterocycles. The van der Waals surface area contributed by atoms with Crippen molar-refractivity contribution >= 4 is 46.1 Å². The molecular formula is C23H15N7O2S2. The quantitative estimate of drug-likeness (QED) is 0.358. The molecule has 5 heterocycles. The number of amidine groups is 1. The number of nitrogens with one attached hydrogen (secondary N) is 1. The van der Waals surface area contributed by atoms with Gasteiger partial charge in [0.25, 0.3) is 5.91 Å². The number of hydrogen-bond donors (Lipinski definition) is 1. The molecule has 0 saturated carbocycles.